The number of pyridine rings is 1. The molecule has 126 valence electrons. The van der Waals surface area contributed by atoms with Crippen LogP contribution in [-0.4, -0.2) is 17.3 Å². The summed E-state index contributed by atoms with van der Waals surface area (Å²) in [6.07, 6.45) is 5.02. The summed E-state index contributed by atoms with van der Waals surface area (Å²) in [5.74, 6) is 0.168. The largest absolute Gasteiger partial charge is 0.385 e. The minimum Gasteiger partial charge on any atom is -0.385 e. The molecule has 0 atom stereocenters. The van der Waals surface area contributed by atoms with Crippen molar-refractivity contribution in [1.29, 1.82) is 0 Å². The molecule has 0 saturated heterocycles. The molecule has 0 fully saturated rings. The summed E-state index contributed by atoms with van der Waals surface area (Å²) in [5, 5.41) is 3.32. The molecule has 1 aromatic heterocycles. The number of carbonyl (C=O) groups is 1. The quantitative estimate of drug-likeness (QED) is 0.640. The van der Waals surface area contributed by atoms with E-state index in [-0.39, 0.29) is 5.78 Å². The van der Waals surface area contributed by atoms with E-state index in [1.807, 2.05) is 55.7 Å². The van der Waals surface area contributed by atoms with E-state index < -0.39 is 0 Å². The van der Waals surface area contributed by atoms with Crippen molar-refractivity contribution in [2.75, 3.05) is 11.9 Å². The smallest absolute Gasteiger partial charge is 0.164 e. The van der Waals surface area contributed by atoms with Gasteiger partial charge in [-0.2, -0.15) is 0 Å². The van der Waals surface area contributed by atoms with Crippen molar-refractivity contribution in [3.8, 4) is 0 Å². The van der Waals surface area contributed by atoms with Gasteiger partial charge in [0.2, 0.25) is 0 Å². The Morgan fingerprint density at radius 1 is 0.880 bits per heavy atom. The highest BCUT2D eigenvalue weighted by molar-refractivity contribution is 5.96. The van der Waals surface area contributed by atoms with Gasteiger partial charge < -0.3 is 5.32 Å². The summed E-state index contributed by atoms with van der Waals surface area (Å²) in [7, 11) is 0. The van der Waals surface area contributed by atoms with Gasteiger partial charge in [-0.15, -0.1) is 0 Å². The van der Waals surface area contributed by atoms with E-state index in [0.717, 1.165) is 17.7 Å². The molecule has 0 aliphatic heterocycles. The van der Waals surface area contributed by atoms with Crippen LogP contribution in [0.3, 0.4) is 0 Å². The van der Waals surface area contributed by atoms with Gasteiger partial charge in [0.15, 0.2) is 5.78 Å². The standard InChI is InChI=1S/C22H22N2O/c1-17-2-6-20(7-3-17)22(25)12-15-24-21-8-4-18(5-9-21)16-19-10-13-23-14-11-19/h2-11,13-14,24H,12,15-16H2,1H3. The number of carbonyl (C=O) groups excluding carboxylic acids is 1. The summed E-state index contributed by atoms with van der Waals surface area (Å²) in [4.78, 5) is 16.2. The van der Waals surface area contributed by atoms with E-state index in [0.29, 0.717) is 13.0 Å². The average molecular weight is 330 g/mol. The molecular weight excluding hydrogens is 308 g/mol. The monoisotopic (exact) mass is 330 g/mol. The second kappa shape index (κ2) is 8.25. The molecule has 0 amide bonds. The van der Waals surface area contributed by atoms with Crippen LogP contribution in [0.25, 0.3) is 0 Å². The Balaban J connectivity index is 1.48. The number of aryl methyl sites for hydroxylation is 1. The van der Waals surface area contributed by atoms with Crippen LogP contribution in [-0.2, 0) is 6.42 Å². The summed E-state index contributed by atoms with van der Waals surface area (Å²) < 4.78 is 0. The van der Waals surface area contributed by atoms with Crippen LogP contribution in [0.2, 0.25) is 0 Å². The van der Waals surface area contributed by atoms with Crippen LogP contribution in [0.1, 0.15) is 33.5 Å². The lowest BCUT2D eigenvalue weighted by Gasteiger charge is -2.08. The number of aromatic nitrogens is 1. The lowest BCUT2D eigenvalue weighted by Crippen LogP contribution is -2.08. The van der Waals surface area contributed by atoms with Gasteiger partial charge in [0.25, 0.3) is 0 Å². The van der Waals surface area contributed by atoms with Gasteiger partial charge in [0.05, 0.1) is 0 Å². The van der Waals surface area contributed by atoms with Gasteiger partial charge in [0, 0.05) is 36.6 Å². The van der Waals surface area contributed by atoms with Crippen molar-refractivity contribution in [2.24, 2.45) is 0 Å². The normalized spacial score (nSPS) is 10.4. The van der Waals surface area contributed by atoms with Crippen LogP contribution in [0, 0.1) is 6.92 Å². The first-order valence-corrected chi connectivity index (χ1v) is 8.52. The van der Waals surface area contributed by atoms with E-state index >= 15 is 0 Å². The van der Waals surface area contributed by atoms with Gasteiger partial charge in [-0.05, 0) is 48.7 Å². The zero-order chi connectivity index (χ0) is 17.5. The number of benzene rings is 2. The zero-order valence-electron chi connectivity index (χ0n) is 14.4. The number of rotatable bonds is 7. The molecule has 0 spiro atoms. The molecule has 1 N–H and O–H groups in total. The topological polar surface area (TPSA) is 42.0 Å². The lowest BCUT2D eigenvalue weighted by molar-refractivity contribution is 0.0986. The fraction of sp³-hybridized carbons (Fsp3) is 0.182. The number of ketones is 1. The van der Waals surface area contributed by atoms with Crippen molar-refractivity contribution in [2.45, 2.75) is 19.8 Å². The number of nitrogens with zero attached hydrogens (tertiary/aromatic N) is 1. The van der Waals surface area contributed by atoms with Crippen LogP contribution in [0.15, 0.2) is 73.1 Å². The lowest BCUT2D eigenvalue weighted by atomic mass is 10.1. The second-order valence-electron chi connectivity index (χ2n) is 6.20. The van der Waals surface area contributed by atoms with Crippen LogP contribution in [0.5, 0.6) is 0 Å². The number of hydrogen-bond acceptors (Lipinski definition) is 3. The Bertz CT molecular complexity index is 809. The third-order valence-electron chi connectivity index (χ3n) is 4.17. The van der Waals surface area contributed by atoms with Gasteiger partial charge >= 0.3 is 0 Å². The van der Waals surface area contributed by atoms with E-state index in [2.05, 4.69) is 34.6 Å². The Hall–Kier alpha value is -2.94. The predicted molar refractivity (Wildman–Crippen MR) is 102 cm³/mol. The molecule has 1 heterocycles. The Labute approximate surface area is 148 Å². The fourth-order valence-corrected chi connectivity index (χ4v) is 2.68. The number of nitrogens with one attached hydrogen (secondary N) is 1. The Morgan fingerprint density at radius 3 is 2.20 bits per heavy atom. The van der Waals surface area contributed by atoms with Gasteiger partial charge in [-0.3, -0.25) is 9.78 Å². The molecule has 0 saturated carbocycles. The van der Waals surface area contributed by atoms with Crippen LogP contribution in [0.4, 0.5) is 5.69 Å². The van der Waals surface area contributed by atoms with Gasteiger partial charge in [-0.25, -0.2) is 0 Å². The molecule has 3 rings (SSSR count). The Morgan fingerprint density at radius 2 is 1.52 bits per heavy atom. The summed E-state index contributed by atoms with van der Waals surface area (Å²) in [6.45, 7) is 2.66. The zero-order valence-corrected chi connectivity index (χ0v) is 14.4. The molecular formula is C22H22N2O. The van der Waals surface area contributed by atoms with Crippen molar-refractivity contribution < 1.29 is 4.79 Å². The molecule has 3 aromatic rings. The van der Waals surface area contributed by atoms with Crippen molar-refractivity contribution in [1.82, 2.24) is 4.98 Å². The highest BCUT2D eigenvalue weighted by Gasteiger charge is 2.05. The van der Waals surface area contributed by atoms with E-state index in [1.165, 1.54) is 16.7 Å². The minimum atomic E-state index is 0.168. The van der Waals surface area contributed by atoms with E-state index in [1.54, 1.807) is 0 Å². The maximum Gasteiger partial charge on any atom is 0.164 e. The average Bonchev–Trinajstić information content (AvgIpc) is 2.64. The van der Waals surface area contributed by atoms with Crippen molar-refractivity contribution in [3.05, 3.63) is 95.3 Å². The number of anilines is 1. The van der Waals surface area contributed by atoms with E-state index in [9.17, 15) is 4.79 Å². The highest BCUT2D eigenvalue weighted by Crippen LogP contribution is 2.14. The SMILES string of the molecule is Cc1ccc(C(=O)CCNc2ccc(Cc3ccncc3)cc2)cc1. The number of Topliss-reactive ketones (excluding diaryl/α,β-unsaturated/α-hetero) is 1. The molecule has 0 radical (unpaired) electrons. The van der Waals surface area contributed by atoms with Crippen LogP contribution < -0.4 is 5.32 Å². The molecule has 0 aliphatic carbocycles. The number of hydrogen-bond donors (Lipinski definition) is 1. The minimum absolute atomic E-state index is 0.168. The van der Waals surface area contributed by atoms with E-state index in [4.69, 9.17) is 0 Å². The third-order valence-corrected chi connectivity index (χ3v) is 4.17. The summed E-state index contributed by atoms with van der Waals surface area (Å²) >= 11 is 0. The summed E-state index contributed by atoms with van der Waals surface area (Å²) in [5.41, 5.74) is 5.49. The van der Waals surface area contributed by atoms with Gasteiger partial charge in [-0.1, -0.05) is 42.0 Å². The molecule has 2 aromatic carbocycles. The molecule has 0 unspecified atom stereocenters. The van der Waals surface area contributed by atoms with Crippen molar-refractivity contribution in [3.63, 3.8) is 0 Å². The summed E-state index contributed by atoms with van der Waals surface area (Å²) in [6, 6.07) is 20.2. The maximum absolute atomic E-state index is 12.2. The first-order chi connectivity index (χ1) is 12.2. The first kappa shape index (κ1) is 16.9. The molecule has 0 aliphatic rings. The molecule has 0 bridgehead atoms. The molecule has 3 heteroatoms. The maximum atomic E-state index is 12.2. The fourth-order valence-electron chi connectivity index (χ4n) is 2.68. The highest BCUT2D eigenvalue weighted by atomic mass is 16.1. The predicted octanol–water partition coefficient (Wildman–Crippen LogP) is 4.67. The first-order valence-electron chi connectivity index (χ1n) is 8.52. The Kier molecular flexibility index (Phi) is 5.57. The second-order valence-corrected chi connectivity index (χ2v) is 6.20. The van der Waals surface area contributed by atoms with Crippen molar-refractivity contribution >= 4 is 11.5 Å². The molecule has 25 heavy (non-hydrogen) atoms. The van der Waals surface area contributed by atoms with Crippen LogP contribution >= 0.6 is 0 Å². The van der Waals surface area contributed by atoms with Gasteiger partial charge in [0.1, 0.15) is 0 Å². The third kappa shape index (κ3) is 5.01. The molecule has 3 nitrogen and oxygen atoms in total.